The molecule has 156 valence electrons. The largest absolute Gasteiger partial charge is 0.497 e. The third-order valence-corrected chi connectivity index (χ3v) is 4.70. The van der Waals surface area contributed by atoms with Crippen molar-refractivity contribution in [2.75, 3.05) is 19.0 Å². The van der Waals surface area contributed by atoms with Gasteiger partial charge in [0.1, 0.15) is 12.4 Å². The second kappa shape index (κ2) is 10.0. The maximum absolute atomic E-state index is 12.7. The Morgan fingerprint density at radius 2 is 1.70 bits per heavy atom. The van der Waals surface area contributed by atoms with Crippen molar-refractivity contribution in [3.05, 3.63) is 82.4 Å². The van der Waals surface area contributed by atoms with Crippen LogP contribution in [0.2, 0.25) is 5.02 Å². The number of hydrogen-bond acceptors (Lipinski definition) is 4. The van der Waals surface area contributed by atoms with E-state index < -0.39 is 0 Å². The number of hydrogen-bond donors (Lipinski definition) is 1. The fourth-order valence-corrected chi connectivity index (χ4v) is 3.08. The van der Waals surface area contributed by atoms with Crippen LogP contribution in [0.15, 0.2) is 60.7 Å². The van der Waals surface area contributed by atoms with E-state index in [1.54, 1.807) is 43.5 Å². The van der Waals surface area contributed by atoms with E-state index in [0.717, 1.165) is 5.56 Å². The summed E-state index contributed by atoms with van der Waals surface area (Å²) in [5.41, 5.74) is 3.22. The minimum atomic E-state index is -0.298. The quantitative estimate of drug-likeness (QED) is 0.489. The number of carbonyl (C=O) groups is 1. The molecule has 0 aromatic heterocycles. The summed E-state index contributed by atoms with van der Waals surface area (Å²) in [6, 6.07) is 18.3. The summed E-state index contributed by atoms with van der Waals surface area (Å²) in [5.74, 6) is 1.26. The summed E-state index contributed by atoms with van der Waals surface area (Å²) in [6.07, 6.45) is 0. The molecule has 0 aliphatic rings. The molecule has 3 aromatic rings. The molecule has 0 saturated heterocycles. The van der Waals surface area contributed by atoms with Gasteiger partial charge >= 0.3 is 0 Å². The SMILES string of the molecule is CCOc1cc(C(=O)Nc2ccc(OC)cc2)cc(Cl)c1OCc1ccc(C)cc1. The molecule has 0 unspecified atom stereocenters. The molecule has 0 heterocycles. The van der Waals surface area contributed by atoms with E-state index in [1.165, 1.54) is 5.56 Å². The molecule has 0 atom stereocenters. The molecule has 1 N–H and O–H groups in total. The Hall–Kier alpha value is -3.18. The number of nitrogens with one attached hydrogen (secondary N) is 1. The van der Waals surface area contributed by atoms with Gasteiger partial charge < -0.3 is 19.5 Å². The molecule has 0 radical (unpaired) electrons. The van der Waals surface area contributed by atoms with Gasteiger partial charge in [-0.15, -0.1) is 0 Å². The molecule has 0 spiro atoms. The van der Waals surface area contributed by atoms with Crippen LogP contribution in [0.3, 0.4) is 0 Å². The molecular weight excluding hydrogens is 402 g/mol. The van der Waals surface area contributed by atoms with E-state index in [-0.39, 0.29) is 5.91 Å². The van der Waals surface area contributed by atoms with Crippen molar-refractivity contribution in [2.45, 2.75) is 20.5 Å². The number of aryl methyl sites for hydroxylation is 1. The van der Waals surface area contributed by atoms with Crippen LogP contribution in [0.1, 0.15) is 28.4 Å². The van der Waals surface area contributed by atoms with E-state index in [9.17, 15) is 4.79 Å². The summed E-state index contributed by atoms with van der Waals surface area (Å²) >= 11 is 6.45. The number of ether oxygens (including phenoxy) is 3. The topological polar surface area (TPSA) is 56.8 Å². The highest BCUT2D eigenvalue weighted by atomic mass is 35.5. The average Bonchev–Trinajstić information content (AvgIpc) is 2.75. The lowest BCUT2D eigenvalue weighted by Crippen LogP contribution is -2.12. The summed E-state index contributed by atoms with van der Waals surface area (Å²) in [5, 5.41) is 3.15. The lowest BCUT2D eigenvalue weighted by Gasteiger charge is -2.15. The second-order valence-electron chi connectivity index (χ2n) is 6.68. The van der Waals surface area contributed by atoms with Crippen LogP contribution in [-0.2, 0) is 6.61 Å². The monoisotopic (exact) mass is 425 g/mol. The Morgan fingerprint density at radius 1 is 1.00 bits per heavy atom. The molecule has 1 amide bonds. The van der Waals surface area contributed by atoms with Gasteiger partial charge in [0, 0.05) is 11.3 Å². The van der Waals surface area contributed by atoms with Crippen LogP contribution in [0.25, 0.3) is 0 Å². The number of carbonyl (C=O) groups excluding carboxylic acids is 1. The summed E-state index contributed by atoms with van der Waals surface area (Å²) in [4.78, 5) is 12.7. The minimum Gasteiger partial charge on any atom is -0.497 e. The number of rotatable bonds is 8. The zero-order valence-electron chi connectivity index (χ0n) is 17.2. The van der Waals surface area contributed by atoms with E-state index in [1.807, 2.05) is 38.1 Å². The lowest BCUT2D eigenvalue weighted by molar-refractivity contribution is 0.102. The third kappa shape index (κ3) is 5.45. The molecule has 0 aliphatic carbocycles. The Bertz CT molecular complexity index is 1000. The van der Waals surface area contributed by atoms with Crippen LogP contribution < -0.4 is 19.5 Å². The number of methoxy groups -OCH3 is 1. The predicted molar refractivity (Wildman–Crippen MR) is 119 cm³/mol. The number of benzene rings is 3. The third-order valence-electron chi connectivity index (χ3n) is 4.42. The van der Waals surface area contributed by atoms with Crippen LogP contribution in [0.5, 0.6) is 17.2 Å². The maximum atomic E-state index is 12.7. The summed E-state index contributed by atoms with van der Waals surface area (Å²) in [7, 11) is 1.59. The first-order valence-electron chi connectivity index (χ1n) is 9.60. The molecule has 0 aliphatic heterocycles. The molecule has 30 heavy (non-hydrogen) atoms. The summed E-state index contributed by atoms with van der Waals surface area (Å²) in [6.45, 7) is 4.66. The highest BCUT2D eigenvalue weighted by Gasteiger charge is 2.17. The minimum absolute atomic E-state index is 0.298. The zero-order chi connectivity index (χ0) is 21.5. The molecule has 0 fully saturated rings. The van der Waals surface area contributed by atoms with Gasteiger partial charge in [-0.3, -0.25) is 4.79 Å². The van der Waals surface area contributed by atoms with Gasteiger partial charge in [-0.25, -0.2) is 0 Å². The molecular formula is C24H24ClNO4. The zero-order valence-corrected chi connectivity index (χ0v) is 18.0. The molecule has 3 aromatic carbocycles. The van der Waals surface area contributed by atoms with Crippen molar-refractivity contribution in [3.8, 4) is 17.2 Å². The van der Waals surface area contributed by atoms with Gasteiger partial charge in [0.25, 0.3) is 5.91 Å². The standard InChI is InChI=1S/C24H24ClNO4/c1-4-29-22-14-18(24(27)26-19-9-11-20(28-3)12-10-19)13-21(25)23(22)30-15-17-7-5-16(2)6-8-17/h5-14H,4,15H2,1-3H3,(H,26,27). The highest BCUT2D eigenvalue weighted by Crippen LogP contribution is 2.37. The number of amides is 1. The molecule has 6 heteroatoms. The van der Waals surface area contributed by atoms with Crippen molar-refractivity contribution >= 4 is 23.2 Å². The van der Waals surface area contributed by atoms with Crippen molar-refractivity contribution in [2.24, 2.45) is 0 Å². The Labute approximate surface area is 181 Å². The average molecular weight is 426 g/mol. The van der Waals surface area contributed by atoms with E-state index in [2.05, 4.69) is 5.32 Å². The van der Waals surface area contributed by atoms with Crippen molar-refractivity contribution in [1.29, 1.82) is 0 Å². The van der Waals surface area contributed by atoms with Crippen LogP contribution >= 0.6 is 11.6 Å². The fraction of sp³-hybridized carbons (Fsp3) is 0.208. The predicted octanol–water partition coefficient (Wildman–Crippen LogP) is 5.89. The fourth-order valence-electron chi connectivity index (χ4n) is 2.82. The molecule has 5 nitrogen and oxygen atoms in total. The Morgan fingerprint density at radius 3 is 2.33 bits per heavy atom. The van der Waals surface area contributed by atoms with Gasteiger partial charge in [0.05, 0.1) is 18.7 Å². The summed E-state index contributed by atoms with van der Waals surface area (Å²) < 4.78 is 16.7. The van der Waals surface area contributed by atoms with Crippen molar-refractivity contribution in [3.63, 3.8) is 0 Å². The molecule has 0 bridgehead atoms. The lowest BCUT2D eigenvalue weighted by atomic mass is 10.1. The van der Waals surface area contributed by atoms with Gasteiger partial charge in [0.15, 0.2) is 11.5 Å². The Balaban J connectivity index is 1.78. The van der Waals surface area contributed by atoms with Gasteiger partial charge in [-0.1, -0.05) is 41.4 Å². The Kier molecular flexibility index (Phi) is 7.20. The van der Waals surface area contributed by atoms with Crippen LogP contribution in [0.4, 0.5) is 5.69 Å². The van der Waals surface area contributed by atoms with Crippen LogP contribution in [0, 0.1) is 6.92 Å². The number of halogens is 1. The van der Waals surface area contributed by atoms with Gasteiger partial charge in [-0.05, 0) is 55.8 Å². The first-order valence-corrected chi connectivity index (χ1v) is 9.98. The van der Waals surface area contributed by atoms with Crippen molar-refractivity contribution < 1.29 is 19.0 Å². The van der Waals surface area contributed by atoms with Crippen molar-refractivity contribution in [1.82, 2.24) is 0 Å². The molecule has 3 rings (SSSR count). The van der Waals surface area contributed by atoms with Crippen LogP contribution in [-0.4, -0.2) is 19.6 Å². The molecule has 0 saturated carbocycles. The number of anilines is 1. The van der Waals surface area contributed by atoms with E-state index >= 15 is 0 Å². The smallest absolute Gasteiger partial charge is 0.255 e. The second-order valence-corrected chi connectivity index (χ2v) is 7.08. The van der Waals surface area contributed by atoms with E-state index in [4.69, 9.17) is 25.8 Å². The normalized spacial score (nSPS) is 10.4. The van der Waals surface area contributed by atoms with Gasteiger partial charge in [-0.2, -0.15) is 0 Å². The highest BCUT2D eigenvalue weighted by molar-refractivity contribution is 6.32. The first-order chi connectivity index (χ1) is 14.5. The van der Waals surface area contributed by atoms with Gasteiger partial charge in [0.2, 0.25) is 0 Å². The maximum Gasteiger partial charge on any atom is 0.255 e. The first kappa shape index (κ1) is 21.5. The van der Waals surface area contributed by atoms with E-state index in [0.29, 0.717) is 46.7 Å².